The van der Waals surface area contributed by atoms with Crippen molar-refractivity contribution in [2.24, 2.45) is 0 Å². The summed E-state index contributed by atoms with van der Waals surface area (Å²) in [5.41, 5.74) is 3.80. The average Bonchev–Trinajstić information content (AvgIpc) is 3.13. The van der Waals surface area contributed by atoms with E-state index in [2.05, 4.69) is 15.4 Å². The zero-order valence-corrected chi connectivity index (χ0v) is 13.3. The van der Waals surface area contributed by atoms with E-state index in [1.165, 1.54) is 0 Å². The third-order valence-electron chi connectivity index (χ3n) is 3.75. The van der Waals surface area contributed by atoms with Gasteiger partial charge in [0.25, 0.3) is 0 Å². The molecule has 2 aromatic heterocycles. The van der Waals surface area contributed by atoms with Gasteiger partial charge in [-0.05, 0) is 26.0 Å². The quantitative estimate of drug-likeness (QED) is 0.732. The summed E-state index contributed by atoms with van der Waals surface area (Å²) in [7, 11) is 0. The number of benzene rings is 1. The summed E-state index contributed by atoms with van der Waals surface area (Å²) in [6, 6.07) is 9.80. The van der Waals surface area contributed by atoms with E-state index >= 15 is 0 Å². The normalized spacial score (nSPS) is 10.9. The Morgan fingerprint density at radius 1 is 1.22 bits per heavy atom. The fraction of sp³-hybridized carbons (Fsp3) is 0.294. The second-order valence-electron chi connectivity index (χ2n) is 5.37. The van der Waals surface area contributed by atoms with E-state index in [1.807, 2.05) is 44.2 Å². The van der Waals surface area contributed by atoms with Gasteiger partial charge < -0.3 is 14.8 Å². The molecule has 0 radical (unpaired) electrons. The molecule has 3 rings (SSSR count). The van der Waals surface area contributed by atoms with Crippen molar-refractivity contribution in [2.45, 2.75) is 26.9 Å². The number of nitrogens with zero attached hydrogens (tertiary/aromatic N) is 3. The van der Waals surface area contributed by atoms with Crippen LogP contribution in [0.1, 0.15) is 17.0 Å². The van der Waals surface area contributed by atoms with Crippen LogP contribution < -0.4 is 5.32 Å². The molecular formula is C17H20N4O2. The minimum atomic E-state index is 0.0529. The molecule has 6 heteroatoms. The van der Waals surface area contributed by atoms with Gasteiger partial charge in [0.1, 0.15) is 12.1 Å². The van der Waals surface area contributed by atoms with Crippen LogP contribution in [0.2, 0.25) is 0 Å². The lowest BCUT2D eigenvalue weighted by molar-refractivity contribution is 0.270. The van der Waals surface area contributed by atoms with Crippen molar-refractivity contribution < 1.29 is 9.52 Å². The summed E-state index contributed by atoms with van der Waals surface area (Å²) in [6.45, 7) is 5.02. The first-order valence-corrected chi connectivity index (χ1v) is 7.57. The topological polar surface area (TPSA) is 76.1 Å². The smallest absolute Gasteiger partial charge is 0.226 e. The Morgan fingerprint density at radius 2 is 2.00 bits per heavy atom. The number of hydrogen-bond donors (Lipinski definition) is 2. The Balaban J connectivity index is 1.73. The Morgan fingerprint density at radius 3 is 2.74 bits per heavy atom. The third-order valence-corrected chi connectivity index (χ3v) is 3.75. The first-order valence-electron chi connectivity index (χ1n) is 7.57. The molecule has 0 atom stereocenters. The van der Waals surface area contributed by atoms with E-state index in [4.69, 9.17) is 9.52 Å². The molecule has 0 aliphatic rings. The first-order chi connectivity index (χ1) is 11.2. The standard InChI is InChI=1S/C17H20N4O2/c1-12-13(2)20-21(8-9-22)16(12)18-10-15-11-23-17(19-15)14-6-4-3-5-7-14/h3-7,11,18,22H,8-10H2,1-2H3. The number of oxazole rings is 1. The summed E-state index contributed by atoms with van der Waals surface area (Å²) in [5.74, 6) is 1.51. The van der Waals surface area contributed by atoms with Gasteiger partial charge in [0, 0.05) is 11.1 Å². The van der Waals surface area contributed by atoms with Crippen molar-refractivity contribution in [1.29, 1.82) is 0 Å². The van der Waals surface area contributed by atoms with Crippen LogP contribution in [0.3, 0.4) is 0 Å². The predicted molar refractivity (Wildman–Crippen MR) is 88.1 cm³/mol. The molecule has 0 saturated heterocycles. The lowest BCUT2D eigenvalue weighted by Crippen LogP contribution is -2.11. The van der Waals surface area contributed by atoms with E-state index in [-0.39, 0.29) is 6.61 Å². The number of aliphatic hydroxyl groups is 1. The van der Waals surface area contributed by atoms with Gasteiger partial charge >= 0.3 is 0 Å². The summed E-state index contributed by atoms with van der Waals surface area (Å²) >= 11 is 0. The zero-order chi connectivity index (χ0) is 16.2. The van der Waals surface area contributed by atoms with Crippen LogP contribution >= 0.6 is 0 Å². The van der Waals surface area contributed by atoms with Gasteiger partial charge in [-0.15, -0.1) is 0 Å². The monoisotopic (exact) mass is 312 g/mol. The minimum Gasteiger partial charge on any atom is -0.444 e. The molecule has 0 unspecified atom stereocenters. The molecule has 0 spiro atoms. The molecule has 0 aliphatic heterocycles. The van der Waals surface area contributed by atoms with Crippen molar-refractivity contribution in [2.75, 3.05) is 11.9 Å². The summed E-state index contributed by atoms with van der Waals surface area (Å²) in [4.78, 5) is 4.50. The molecule has 2 N–H and O–H groups in total. The fourth-order valence-electron chi connectivity index (χ4n) is 2.43. The zero-order valence-electron chi connectivity index (χ0n) is 13.3. The van der Waals surface area contributed by atoms with Gasteiger partial charge in [-0.1, -0.05) is 18.2 Å². The van der Waals surface area contributed by atoms with Crippen LogP contribution in [-0.4, -0.2) is 26.5 Å². The Hall–Kier alpha value is -2.60. The third kappa shape index (κ3) is 3.27. The number of nitrogens with one attached hydrogen (secondary N) is 1. The van der Waals surface area contributed by atoms with E-state index in [0.29, 0.717) is 19.0 Å². The number of anilines is 1. The highest BCUT2D eigenvalue weighted by Crippen LogP contribution is 2.21. The van der Waals surface area contributed by atoms with Gasteiger partial charge in [0.05, 0.1) is 31.1 Å². The number of aliphatic hydroxyl groups excluding tert-OH is 1. The van der Waals surface area contributed by atoms with E-state index in [9.17, 15) is 0 Å². The van der Waals surface area contributed by atoms with Crippen LogP contribution in [0, 0.1) is 13.8 Å². The van der Waals surface area contributed by atoms with Gasteiger partial charge in [0.2, 0.25) is 5.89 Å². The largest absolute Gasteiger partial charge is 0.444 e. The molecule has 0 bridgehead atoms. The molecule has 1 aromatic carbocycles. The van der Waals surface area contributed by atoms with Gasteiger partial charge in [-0.25, -0.2) is 9.67 Å². The lowest BCUT2D eigenvalue weighted by atomic mass is 10.2. The number of rotatable bonds is 6. The highest BCUT2D eigenvalue weighted by Gasteiger charge is 2.12. The number of aryl methyl sites for hydroxylation is 1. The van der Waals surface area contributed by atoms with E-state index < -0.39 is 0 Å². The molecule has 0 aliphatic carbocycles. The molecule has 23 heavy (non-hydrogen) atoms. The maximum atomic E-state index is 9.14. The first kappa shape index (κ1) is 15.3. The average molecular weight is 312 g/mol. The summed E-state index contributed by atoms with van der Waals surface area (Å²) in [6.07, 6.45) is 1.66. The molecule has 2 heterocycles. The summed E-state index contributed by atoms with van der Waals surface area (Å²) in [5, 5.41) is 16.9. The van der Waals surface area contributed by atoms with Crippen molar-refractivity contribution in [3.63, 3.8) is 0 Å². The van der Waals surface area contributed by atoms with Gasteiger partial charge in [-0.2, -0.15) is 5.10 Å². The second kappa shape index (κ2) is 6.66. The van der Waals surface area contributed by atoms with E-state index in [1.54, 1.807) is 10.9 Å². The highest BCUT2D eigenvalue weighted by molar-refractivity contribution is 5.53. The van der Waals surface area contributed by atoms with Crippen molar-refractivity contribution >= 4 is 5.82 Å². The molecular weight excluding hydrogens is 292 g/mol. The Labute approximate surface area is 134 Å². The predicted octanol–water partition coefficient (Wildman–Crippen LogP) is 2.76. The van der Waals surface area contributed by atoms with Crippen LogP contribution in [-0.2, 0) is 13.1 Å². The molecule has 3 aromatic rings. The maximum Gasteiger partial charge on any atom is 0.226 e. The second-order valence-corrected chi connectivity index (χ2v) is 5.37. The molecule has 0 saturated carbocycles. The fourth-order valence-corrected chi connectivity index (χ4v) is 2.43. The summed E-state index contributed by atoms with van der Waals surface area (Å²) < 4.78 is 7.32. The molecule has 120 valence electrons. The van der Waals surface area contributed by atoms with Gasteiger partial charge in [0.15, 0.2) is 0 Å². The van der Waals surface area contributed by atoms with Gasteiger partial charge in [-0.3, -0.25) is 0 Å². The number of hydrogen-bond acceptors (Lipinski definition) is 5. The Kier molecular flexibility index (Phi) is 4.43. The molecule has 0 fully saturated rings. The molecule has 6 nitrogen and oxygen atoms in total. The van der Waals surface area contributed by atoms with Crippen LogP contribution in [0.25, 0.3) is 11.5 Å². The van der Waals surface area contributed by atoms with E-state index in [0.717, 1.165) is 28.3 Å². The maximum absolute atomic E-state index is 9.14. The van der Waals surface area contributed by atoms with Crippen molar-refractivity contribution in [3.8, 4) is 11.5 Å². The SMILES string of the molecule is Cc1nn(CCO)c(NCc2coc(-c3ccccc3)n2)c1C. The highest BCUT2D eigenvalue weighted by atomic mass is 16.3. The lowest BCUT2D eigenvalue weighted by Gasteiger charge is -2.08. The molecule has 0 amide bonds. The van der Waals surface area contributed by atoms with Crippen LogP contribution in [0.4, 0.5) is 5.82 Å². The van der Waals surface area contributed by atoms with Crippen LogP contribution in [0.15, 0.2) is 41.0 Å². The van der Waals surface area contributed by atoms with Crippen molar-refractivity contribution in [1.82, 2.24) is 14.8 Å². The van der Waals surface area contributed by atoms with Crippen LogP contribution in [0.5, 0.6) is 0 Å². The minimum absolute atomic E-state index is 0.0529. The Bertz CT molecular complexity index is 777. The van der Waals surface area contributed by atoms with Crippen molar-refractivity contribution in [3.05, 3.63) is 53.5 Å². The number of aromatic nitrogens is 3.